The van der Waals surface area contributed by atoms with Crippen LogP contribution in [0.1, 0.15) is 6.92 Å². The van der Waals surface area contributed by atoms with Gasteiger partial charge in [0.1, 0.15) is 6.04 Å². The van der Waals surface area contributed by atoms with Crippen LogP contribution in [-0.2, 0) is 24.8 Å². The van der Waals surface area contributed by atoms with Crippen LogP contribution in [0.3, 0.4) is 0 Å². The van der Waals surface area contributed by atoms with Crippen LogP contribution in [0.4, 0.5) is 25.8 Å². The van der Waals surface area contributed by atoms with Gasteiger partial charge >= 0.3 is 0 Å². The minimum absolute atomic E-state index is 0.218. The summed E-state index contributed by atoms with van der Waals surface area (Å²) in [6.45, 7) is 1.28. The zero-order valence-electron chi connectivity index (χ0n) is 16.6. The Morgan fingerprint density at radius 1 is 0.933 bits per heavy atom. The Balaban J connectivity index is 2.34. The topological polar surface area (TPSA) is 104 Å². The lowest BCUT2D eigenvalue weighted by molar-refractivity contribution is -0.116. The number of carbonyl (C=O) groups is 1. The zero-order chi connectivity index (χ0) is 22.9. The van der Waals surface area contributed by atoms with E-state index in [1.807, 2.05) is 0 Å². The van der Waals surface area contributed by atoms with Crippen LogP contribution < -0.4 is 13.9 Å². The highest BCUT2D eigenvalue weighted by Crippen LogP contribution is 2.25. The second-order valence-electron chi connectivity index (χ2n) is 6.60. The van der Waals surface area contributed by atoms with E-state index in [-0.39, 0.29) is 17.1 Å². The number of rotatable bonds is 7. The Bertz CT molecular complexity index is 1170. The number of nitrogens with one attached hydrogen (secondary N) is 1. The van der Waals surface area contributed by atoms with Gasteiger partial charge in [-0.25, -0.2) is 25.6 Å². The summed E-state index contributed by atoms with van der Waals surface area (Å²) in [4.78, 5) is 12.7. The number of amides is 1. The molecule has 0 heterocycles. The van der Waals surface area contributed by atoms with Gasteiger partial charge in [-0.15, -0.1) is 0 Å². The standard InChI is InChI=1S/C18H21F2N3O5S2/c1-12(23(30(4,27)28)15-8-9-16(19)17(20)11-15)18(24)21-13-6-5-7-14(10-13)22(2)29(3,25)26/h5-12H,1-4H3,(H,21,24)/t12-/m1/s1. The number of halogens is 2. The van der Waals surface area contributed by atoms with Crippen molar-refractivity contribution in [2.75, 3.05) is 33.5 Å². The number of benzene rings is 2. The lowest BCUT2D eigenvalue weighted by Crippen LogP contribution is -2.45. The summed E-state index contributed by atoms with van der Waals surface area (Å²) in [5.41, 5.74) is 0.284. The van der Waals surface area contributed by atoms with Crippen LogP contribution >= 0.6 is 0 Å². The first-order valence-corrected chi connectivity index (χ1v) is 12.2. The minimum atomic E-state index is -4.03. The molecule has 0 bridgehead atoms. The maximum atomic E-state index is 13.6. The fourth-order valence-electron chi connectivity index (χ4n) is 2.65. The van der Waals surface area contributed by atoms with Crippen molar-refractivity contribution in [2.45, 2.75) is 13.0 Å². The zero-order valence-corrected chi connectivity index (χ0v) is 18.3. The average molecular weight is 462 g/mol. The summed E-state index contributed by atoms with van der Waals surface area (Å²) < 4.78 is 76.4. The van der Waals surface area contributed by atoms with E-state index in [0.717, 1.165) is 28.9 Å². The van der Waals surface area contributed by atoms with E-state index < -0.39 is 43.6 Å². The van der Waals surface area contributed by atoms with Crippen molar-refractivity contribution in [3.8, 4) is 0 Å². The predicted octanol–water partition coefficient (Wildman–Crippen LogP) is 2.15. The van der Waals surface area contributed by atoms with Crippen molar-refractivity contribution in [1.29, 1.82) is 0 Å². The first-order chi connectivity index (χ1) is 13.7. The molecular formula is C18H21F2N3O5S2. The van der Waals surface area contributed by atoms with Gasteiger partial charge in [-0.05, 0) is 37.3 Å². The summed E-state index contributed by atoms with van der Waals surface area (Å²) in [5, 5.41) is 2.50. The molecule has 2 aromatic carbocycles. The summed E-state index contributed by atoms with van der Waals surface area (Å²) in [6, 6.07) is 7.09. The van der Waals surface area contributed by atoms with Crippen LogP contribution in [0.2, 0.25) is 0 Å². The van der Waals surface area contributed by atoms with Crippen LogP contribution in [-0.4, -0.2) is 48.3 Å². The first-order valence-electron chi connectivity index (χ1n) is 8.51. The Labute approximate surface area is 174 Å². The van der Waals surface area contributed by atoms with E-state index in [9.17, 15) is 30.4 Å². The molecule has 2 rings (SSSR count). The molecule has 1 N–H and O–H groups in total. The molecule has 12 heteroatoms. The monoisotopic (exact) mass is 461 g/mol. The second-order valence-corrected chi connectivity index (χ2v) is 10.5. The van der Waals surface area contributed by atoms with Gasteiger partial charge in [-0.1, -0.05) is 6.07 Å². The Morgan fingerprint density at radius 2 is 1.57 bits per heavy atom. The third-order valence-corrected chi connectivity index (χ3v) is 6.67. The number of hydrogen-bond donors (Lipinski definition) is 1. The average Bonchev–Trinajstić information content (AvgIpc) is 2.62. The van der Waals surface area contributed by atoms with Gasteiger partial charge in [0.25, 0.3) is 0 Å². The lowest BCUT2D eigenvalue weighted by atomic mass is 10.2. The predicted molar refractivity (Wildman–Crippen MR) is 111 cm³/mol. The Morgan fingerprint density at radius 3 is 2.10 bits per heavy atom. The highest BCUT2D eigenvalue weighted by Gasteiger charge is 2.30. The fourth-order valence-corrected chi connectivity index (χ4v) is 4.31. The maximum absolute atomic E-state index is 13.6. The summed E-state index contributed by atoms with van der Waals surface area (Å²) in [5.74, 6) is -3.18. The third-order valence-electron chi connectivity index (χ3n) is 4.22. The van der Waals surface area contributed by atoms with Gasteiger partial charge < -0.3 is 5.32 Å². The lowest BCUT2D eigenvalue weighted by Gasteiger charge is -2.28. The highest BCUT2D eigenvalue weighted by atomic mass is 32.2. The molecule has 8 nitrogen and oxygen atoms in total. The molecular weight excluding hydrogens is 440 g/mol. The first kappa shape index (κ1) is 23.5. The van der Waals surface area contributed by atoms with E-state index in [1.165, 1.54) is 38.2 Å². The van der Waals surface area contributed by atoms with E-state index >= 15 is 0 Å². The molecule has 0 fully saturated rings. The highest BCUT2D eigenvalue weighted by molar-refractivity contribution is 7.92. The second kappa shape index (κ2) is 8.56. The molecule has 164 valence electrons. The molecule has 0 saturated heterocycles. The fraction of sp³-hybridized carbons (Fsp3) is 0.278. The van der Waals surface area contributed by atoms with Gasteiger partial charge in [0.2, 0.25) is 26.0 Å². The smallest absolute Gasteiger partial charge is 0.247 e. The van der Waals surface area contributed by atoms with Crippen molar-refractivity contribution < 1.29 is 30.4 Å². The Kier molecular flexibility index (Phi) is 6.72. The van der Waals surface area contributed by atoms with Crippen LogP contribution in [0.25, 0.3) is 0 Å². The third kappa shape index (κ3) is 5.45. The minimum Gasteiger partial charge on any atom is -0.324 e. The number of nitrogens with zero attached hydrogens (tertiary/aromatic N) is 2. The molecule has 0 saturated carbocycles. The summed E-state index contributed by atoms with van der Waals surface area (Å²) in [6.07, 6.45) is 1.85. The van der Waals surface area contributed by atoms with Crippen molar-refractivity contribution >= 4 is 43.0 Å². The molecule has 2 aromatic rings. The van der Waals surface area contributed by atoms with Gasteiger partial charge in [0.15, 0.2) is 11.6 Å². The number of anilines is 3. The summed E-state index contributed by atoms with van der Waals surface area (Å²) in [7, 11) is -6.22. The van der Waals surface area contributed by atoms with Crippen LogP contribution in [0.15, 0.2) is 42.5 Å². The molecule has 0 aliphatic heterocycles. The molecule has 0 spiro atoms. The Hall–Kier alpha value is -2.73. The maximum Gasteiger partial charge on any atom is 0.247 e. The molecule has 0 aromatic heterocycles. The molecule has 0 unspecified atom stereocenters. The normalized spacial score (nSPS) is 12.9. The van der Waals surface area contributed by atoms with Crippen LogP contribution in [0.5, 0.6) is 0 Å². The van der Waals surface area contributed by atoms with E-state index in [4.69, 9.17) is 0 Å². The molecule has 30 heavy (non-hydrogen) atoms. The molecule has 0 aliphatic carbocycles. The molecule has 0 radical (unpaired) electrons. The number of hydrogen-bond acceptors (Lipinski definition) is 5. The van der Waals surface area contributed by atoms with E-state index in [1.54, 1.807) is 0 Å². The van der Waals surface area contributed by atoms with E-state index in [2.05, 4.69) is 5.32 Å². The van der Waals surface area contributed by atoms with Crippen molar-refractivity contribution in [3.63, 3.8) is 0 Å². The SMILES string of the molecule is C[C@H](C(=O)Nc1cccc(N(C)S(C)(=O)=O)c1)N(c1ccc(F)c(F)c1)S(C)(=O)=O. The van der Waals surface area contributed by atoms with Gasteiger partial charge in [-0.3, -0.25) is 13.4 Å². The van der Waals surface area contributed by atoms with Crippen molar-refractivity contribution in [1.82, 2.24) is 0 Å². The number of carbonyl (C=O) groups excluding carboxylic acids is 1. The molecule has 1 atom stereocenters. The molecule has 0 aliphatic rings. The summed E-state index contributed by atoms with van der Waals surface area (Å²) >= 11 is 0. The molecule has 1 amide bonds. The van der Waals surface area contributed by atoms with Crippen molar-refractivity contribution in [3.05, 3.63) is 54.1 Å². The van der Waals surface area contributed by atoms with E-state index in [0.29, 0.717) is 10.4 Å². The van der Waals surface area contributed by atoms with Crippen molar-refractivity contribution in [2.24, 2.45) is 0 Å². The number of sulfonamides is 2. The van der Waals surface area contributed by atoms with Gasteiger partial charge in [0, 0.05) is 18.8 Å². The van der Waals surface area contributed by atoms with Crippen LogP contribution in [0, 0.1) is 11.6 Å². The quantitative estimate of drug-likeness (QED) is 0.681. The van der Waals surface area contributed by atoms with Gasteiger partial charge in [0.05, 0.1) is 23.9 Å². The largest absolute Gasteiger partial charge is 0.324 e. The van der Waals surface area contributed by atoms with Gasteiger partial charge in [-0.2, -0.15) is 0 Å².